The summed E-state index contributed by atoms with van der Waals surface area (Å²) < 4.78 is 0. The molecule has 0 saturated heterocycles. The Morgan fingerprint density at radius 2 is 1.78 bits per heavy atom. The molecule has 18 heavy (non-hydrogen) atoms. The fraction of sp³-hybridized carbons (Fsp3) is 0.625. The van der Waals surface area contributed by atoms with E-state index in [2.05, 4.69) is 70.2 Å². The van der Waals surface area contributed by atoms with E-state index in [9.17, 15) is 0 Å². The van der Waals surface area contributed by atoms with Gasteiger partial charge in [-0.05, 0) is 56.4 Å². The van der Waals surface area contributed by atoms with E-state index in [1.165, 1.54) is 29.8 Å². The number of benzene rings is 1. The third-order valence-electron chi connectivity index (χ3n) is 3.31. The van der Waals surface area contributed by atoms with Crippen LogP contribution in [0.15, 0.2) is 18.2 Å². The Bertz CT molecular complexity index is 369. The maximum atomic E-state index is 3.61. The molecule has 1 atom stereocenters. The maximum Gasteiger partial charge on any atom is 0.0373 e. The molecule has 0 fully saturated rings. The average molecular weight is 248 g/mol. The van der Waals surface area contributed by atoms with E-state index in [-0.39, 0.29) is 0 Å². The lowest BCUT2D eigenvalue weighted by molar-refractivity contribution is 0.527. The molecule has 0 heterocycles. The van der Waals surface area contributed by atoms with Crippen LogP contribution in [-0.2, 0) is 0 Å². The Balaban J connectivity index is 2.62. The van der Waals surface area contributed by atoms with Gasteiger partial charge >= 0.3 is 0 Å². The van der Waals surface area contributed by atoms with Crippen LogP contribution in [0.1, 0.15) is 39.2 Å². The van der Waals surface area contributed by atoms with Crippen molar-refractivity contribution in [2.75, 3.05) is 24.3 Å². The van der Waals surface area contributed by atoms with Crippen molar-refractivity contribution in [1.82, 2.24) is 0 Å². The molecule has 1 rings (SSSR count). The van der Waals surface area contributed by atoms with Gasteiger partial charge in [0.1, 0.15) is 0 Å². The topological polar surface area (TPSA) is 15.3 Å². The number of aryl methyl sites for hydroxylation is 1. The number of anilines is 2. The van der Waals surface area contributed by atoms with Gasteiger partial charge in [0.15, 0.2) is 0 Å². The predicted molar refractivity (Wildman–Crippen MR) is 82.7 cm³/mol. The second kappa shape index (κ2) is 6.67. The highest BCUT2D eigenvalue weighted by Crippen LogP contribution is 2.22. The van der Waals surface area contributed by atoms with Gasteiger partial charge in [-0.25, -0.2) is 0 Å². The fourth-order valence-electron chi connectivity index (χ4n) is 2.01. The Kier molecular flexibility index (Phi) is 5.52. The molecule has 0 aliphatic carbocycles. The van der Waals surface area contributed by atoms with Gasteiger partial charge in [0.25, 0.3) is 0 Å². The minimum atomic E-state index is 0.538. The first kappa shape index (κ1) is 14.9. The summed E-state index contributed by atoms with van der Waals surface area (Å²) in [5.41, 5.74) is 3.84. The van der Waals surface area contributed by atoms with Crippen molar-refractivity contribution in [2.24, 2.45) is 5.92 Å². The first-order valence-corrected chi connectivity index (χ1v) is 6.94. The minimum absolute atomic E-state index is 0.538. The molecule has 0 saturated carbocycles. The molecule has 0 radical (unpaired) electrons. The monoisotopic (exact) mass is 248 g/mol. The van der Waals surface area contributed by atoms with Crippen LogP contribution in [-0.4, -0.2) is 20.1 Å². The van der Waals surface area contributed by atoms with Crippen molar-refractivity contribution in [3.63, 3.8) is 0 Å². The lowest BCUT2D eigenvalue weighted by atomic mass is 10.0. The van der Waals surface area contributed by atoms with Crippen LogP contribution in [0.2, 0.25) is 0 Å². The zero-order chi connectivity index (χ0) is 13.7. The van der Waals surface area contributed by atoms with E-state index in [1.807, 2.05) is 0 Å². The normalized spacial score (nSPS) is 12.6. The van der Waals surface area contributed by atoms with Gasteiger partial charge in [0, 0.05) is 31.5 Å². The number of hydrogen-bond acceptors (Lipinski definition) is 2. The largest absolute Gasteiger partial charge is 0.382 e. The van der Waals surface area contributed by atoms with Gasteiger partial charge in [-0.3, -0.25) is 0 Å². The van der Waals surface area contributed by atoms with Crippen LogP contribution in [0, 0.1) is 12.8 Å². The smallest absolute Gasteiger partial charge is 0.0373 e. The quantitative estimate of drug-likeness (QED) is 0.807. The van der Waals surface area contributed by atoms with Gasteiger partial charge in [-0.2, -0.15) is 0 Å². The Hall–Kier alpha value is -1.18. The van der Waals surface area contributed by atoms with Gasteiger partial charge < -0.3 is 10.2 Å². The van der Waals surface area contributed by atoms with Crippen molar-refractivity contribution in [2.45, 2.75) is 46.6 Å². The Morgan fingerprint density at radius 3 is 2.28 bits per heavy atom. The minimum Gasteiger partial charge on any atom is -0.382 e. The molecule has 1 aromatic rings. The highest BCUT2D eigenvalue weighted by Gasteiger charge is 2.06. The summed E-state index contributed by atoms with van der Waals surface area (Å²) in [4.78, 5) is 2.14. The molecule has 2 heteroatoms. The highest BCUT2D eigenvalue weighted by atomic mass is 15.1. The van der Waals surface area contributed by atoms with Gasteiger partial charge in [0.05, 0.1) is 0 Å². The first-order valence-electron chi connectivity index (χ1n) is 6.94. The van der Waals surface area contributed by atoms with Gasteiger partial charge in [0.2, 0.25) is 0 Å². The average Bonchev–Trinajstić information content (AvgIpc) is 2.29. The van der Waals surface area contributed by atoms with Gasteiger partial charge in [-0.1, -0.05) is 13.8 Å². The van der Waals surface area contributed by atoms with Gasteiger partial charge in [-0.15, -0.1) is 0 Å². The molecular weight excluding hydrogens is 220 g/mol. The molecule has 0 aliphatic rings. The van der Waals surface area contributed by atoms with Crippen molar-refractivity contribution in [3.8, 4) is 0 Å². The van der Waals surface area contributed by atoms with Crippen LogP contribution < -0.4 is 10.2 Å². The SMILES string of the molecule is Cc1cc(N(C)C)ccc1NC(C)CCC(C)C. The molecule has 1 N–H and O–H groups in total. The molecule has 0 amide bonds. The first-order chi connectivity index (χ1) is 8.40. The second-order valence-electron chi connectivity index (χ2n) is 5.91. The Morgan fingerprint density at radius 1 is 1.11 bits per heavy atom. The molecular formula is C16H28N2. The standard InChI is InChI=1S/C16H28N2/c1-12(2)7-8-14(4)17-16-10-9-15(18(5)6)11-13(16)3/h9-12,14,17H,7-8H2,1-6H3. The van der Waals surface area contributed by atoms with Crippen LogP contribution in [0.3, 0.4) is 0 Å². The highest BCUT2D eigenvalue weighted by molar-refractivity contribution is 5.60. The molecule has 0 bridgehead atoms. The van der Waals surface area contributed by atoms with E-state index in [0.717, 1.165) is 5.92 Å². The lowest BCUT2D eigenvalue weighted by Gasteiger charge is -2.20. The van der Waals surface area contributed by atoms with Crippen molar-refractivity contribution >= 4 is 11.4 Å². The third kappa shape index (κ3) is 4.59. The molecule has 2 nitrogen and oxygen atoms in total. The number of nitrogens with one attached hydrogen (secondary N) is 1. The summed E-state index contributed by atoms with van der Waals surface area (Å²) in [7, 11) is 4.15. The maximum absolute atomic E-state index is 3.61. The van der Waals surface area contributed by atoms with Crippen molar-refractivity contribution in [1.29, 1.82) is 0 Å². The summed E-state index contributed by atoms with van der Waals surface area (Å²) in [6, 6.07) is 7.13. The lowest BCUT2D eigenvalue weighted by Crippen LogP contribution is -2.17. The van der Waals surface area contributed by atoms with Crippen LogP contribution in [0.25, 0.3) is 0 Å². The number of rotatable bonds is 6. The molecule has 1 aromatic carbocycles. The zero-order valence-electron chi connectivity index (χ0n) is 12.7. The van der Waals surface area contributed by atoms with E-state index < -0.39 is 0 Å². The van der Waals surface area contributed by atoms with E-state index in [4.69, 9.17) is 0 Å². The second-order valence-corrected chi connectivity index (χ2v) is 5.91. The van der Waals surface area contributed by atoms with E-state index >= 15 is 0 Å². The molecule has 0 aliphatic heterocycles. The van der Waals surface area contributed by atoms with E-state index in [1.54, 1.807) is 0 Å². The predicted octanol–water partition coefficient (Wildman–Crippen LogP) is 4.30. The summed E-state index contributed by atoms with van der Waals surface area (Å²) >= 11 is 0. The summed E-state index contributed by atoms with van der Waals surface area (Å²) in [6.45, 7) is 9.00. The number of hydrogen-bond donors (Lipinski definition) is 1. The van der Waals surface area contributed by atoms with Crippen LogP contribution in [0.4, 0.5) is 11.4 Å². The fourth-order valence-corrected chi connectivity index (χ4v) is 2.01. The van der Waals surface area contributed by atoms with Crippen LogP contribution >= 0.6 is 0 Å². The molecule has 102 valence electrons. The summed E-state index contributed by atoms with van der Waals surface area (Å²) in [5, 5.41) is 3.61. The van der Waals surface area contributed by atoms with Crippen molar-refractivity contribution in [3.05, 3.63) is 23.8 Å². The van der Waals surface area contributed by atoms with Crippen molar-refractivity contribution < 1.29 is 0 Å². The van der Waals surface area contributed by atoms with Crippen LogP contribution in [0.5, 0.6) is 0 Å². The number of nitrogens with zero attached hydrogens (tertiary/aromatic N) is 1. The Labute approximate surface area is 112 Å². The molecule has 1 unspecified atom stereocenters. The zero-order valence-corrected chi connectivity index (χ0v) is 12.7. The molecule has 0 spiro atoms. The summed E-state index contributed by atoms with van der Waals surface area (Å²) in [5.74, 6) is 0.784. The van der Waals surface area contributed by atoms with E-state index in [0.29, 0.717) is 6.04 Å². The third-order valence-corrected chi connectivity index (χ3v) is 3.31. The summed E-state index contributed by atoms with van der Waals surface area (Å²) in [6.07, 6.45) is 2.51. The molecule has 0 aromatic heterocycles.